The summed E-state index contributed by atoms with van der Waals surface area (Å²) < 4.78 is 36.0. The molecule has 0 bridgehead atoms. The molecule has 0 spiro atoms. The van der Waals surface area contributed by atoms with Gasteiger partial charge in [0.2, 0.25) is 17.6 Å². The van der Waals surface area contributed by atoms with Crippen LogP contribution in [0.1, 0.15) is 66.2 Å². The number of nitrogens with zero attached hydrogens (tertiary/aromatic N) is 14. The van der Waals surface area contributed by atoms with Crippen molar-refractivity contribution in [1.82, 2.24) is 58.7 Å². The minimum absolute atomic E-state index is 0.00975. The van der Waals surface area contributed by atoms with Crippen LogP contribution in [0.5, 0.6) is 17.6 Å². The van der Waals surface area contributed by atoms with E-state index in [1.165, 1.54) is 31.1 Å². The van der Waals surface area contributed by atoms with Gasteiger partial charge in [0.05, 0.1) is 96.7 Å². The van der Waals surface area contributed by atoms with Gasteiger partial charge in [0.1, 0.15) is 57.5 Å². The number of nitrogens with two attached hydrogens (primary N) is 2. The first-order valence-electron chi connectivity index (χ1n) is 34.5. The number of carboxylic acids is 1. The lowest BCUT2D eigenvalue weighted by Gasteiger charge is -2.26. The Morgan fingerprint density at radius 1 is 0.458 bits per heavy atom. The number of carbonyl (C=O) groups is 3. The van der Waals surface area contributed by atoms with Crippen molar-refractivity contribution in [3.8, 4) is 17.6 Å². The van der Waals surface area contributed by atoms with Crippen molar-refractivity contribution >= 4 is 86.4 Å². The summed E-state index contributed by atoms with van der Waals surface area (Å²) in [7, 11) is 4.65. The van der Waals surface area contributed by atoms with Gasteiger partial charge in [-0.2, -0.15) is 28.8 Å². The highest BCUT2D eigenvalue weighted by Gasteiger charge is 2.29. The maximum Gasteiger partial charge on any atom is 0.341 e. The molecular formula is C78H79N19O10. The van der Waals surface area contributed by atoms with Crippen LogP contribution in [0.4, 0.5) is 52.0 Å². The molecule has 4 aromatic carbocycles. The third kappa shape index (κ3) is 18.0. The Kier molecular flexibility index (Phi) is 23.4. The number of fused-ring (bicyclic) bond motifs is 3. The van der Waals surface area contributed by atoms with E-state index in [0.717, 1.165) is 41.3 Å². The van der Waals surface area contributed by atoms with Crippen LogP contribution >= 0.6 is 0 Å². The van der Waals surface area contributed by atoms with Crippen LogP contribution in [0.25, 0.3) is 16.9 Å². The Labute approximate surface area is 615 Å². The van der Waals surface area contributed by atoms with Crippen LogP contribution < -0.4 is 51.4 Å². The molecule has 3 aliphatic rings. The quantitative estimate of drug-likeness (QED) is 0.0274. The number of aromatic nitrogens is 12. The number of hydrogen-bond acceptors (Lipinski definition) is 25. The van der Waals surface area contributed by atoms with Crippen molar-refractivity contribution in [2.75, 3.05) is 92.5 Å². The van der Waals surface area contributed by atoms with Crippen molar-refractivity contribution in [2.45, 2.75) is 45.1 Å². The number of ether oxygens (including phenoxy) is 6. The third-order valence-corrected chi connectivity index (χ3v) is 17.5. The lowest BCUT2D eigenvalue weighted by atomic mass is 9.98. The first-order valence-corrected chi connectivity index (χ1v) is 34.5. The average molecular weight is 1440 g/mol. The van der Waals surface area contributed by atoms with Gasteiger partial charge >= 0.3 is 5.97 Å². The number of carbonyl (C=O) groups excluding carboxylic acids is 2. The van der Waals surface area contributed by atoms with Gasteiger partial charge < -0.3 is 70.7 Å². The van der Waals surface area contributed by atoms with Crippen LogP contribution in [0.2, 0.25) is 0 Å². The fraction of sp³-hybridized carbons (Fsp3) is 0.231. The van der Waals surface area contributed by atoms with Crippen LogP contribution in [0, 0.1) is 11.8 Å². The van der Waals surface area contributed by atoms with Gasteiger partial charge in [-0.15, -0.1) is 0 Å². The average Bonchev–Trinajstić information content (AvgIpc) is 1.68. The molecule has 3 fully saturated rings. The zero-order chi connectivity index (χ0) is 74.0. The van der Waals surface area contributed by atoms with E-state index in [9.17, 15) is 19.5 Å². The van der Waals surface area contributed by atoms with Gasteiger partial charge in [0.25, 0.3) is 0 Å². The molecule has 8 N–H and O–H groups in total. The summed E-state index contributed by atoms with van der Waals surface area (Å²) in [6, 6.07) is 57.4. The SMILES string of the molecule is COc1ncccc1Nc1cc(N(Cc2ccccc2)Cc2ccccc2)n2ncc(C(=O)CC3COC3)c2n1.COc1ncccc1Nc1cc(N(Cc2ccccc2)Cc2ccccc2)n2ncc(C(=O)O)c2n1.COc1ncccc1Nc1cc(N)n2ncc(C(=O)CC3COC3)c2n1.NC1COC1. The molecule has 0 unspecified atom stereocenters. The number of nitrogen functional groups attached to an aromatic ring is 1. The van der Waals surface area contributed by atoms with E-state index >= 15 is 0 Å². The maximum absolute atomic E-state index is 13.3. The number of anilines is 9. The molecule has 29 nitrogen and oxygen atoms in total. The molecule has 12 heterocycles. The smallest absolute Gasteiger partial charge is 0.341 e. The van der Waals surface area contributed by atoms with Crippen LogP contribution in [0.15, 0.2) is 213 Å². The fourth-order valence-electron chi connectivity index (χ4n) is 11.9. The Balaban J connectivity index is 0.000000140. The number of rotatable bonds is 26. The van der Waals surface area contributed by atoms with Crippen molar-refractivity contribution in [1.29, 1.82) is 0 Å². The second kappa shape index (κ2) is 34.5. The highest BCUT2D eigenvalue weighted by molar-refractivity contribution is 6.02. The van der Waals surface area contributed by atoms with E-state index in [1.807, 2.05) is 109 Å². The molecule has 3 aliphatic heterocycles. The fourth-order valence-corrected chi connectivity index (χ4v) is 11.9. The molecule has 546 valence electrons. The largest absolute Gasteiger partial charge is 0.480 e. The number of nitrogens with one attached hydrogen (secondary N) is 3. The van der Waals surface area contributed by atoms with Gasteiger partial charge in [-0.25, -0.2) is 34.7 Å². The molecule has 29 heteroatoms. The molecule has 16 rings (SSSR count). The summed E-state index contributed by atoms with van der Waals surface area (Å²) in [5, 5.41) is 32.7. The monoisotopic (exact) mass is 1440 g/mol. The zero-order valence-corrected chi connectivity index (χ0v) is 59.0. The standard InChI is InChI=1S/C31H30N6O3.C27H24N6O3.C17H18N6O3.C3H7NO/c1-39-31-26(13-8-14-32-31)34-28-16-29(37-30(35-28)25(17-33-37)27(38)15-24-20-40-21-24)36(18-22-9-4-2-5-10-22)19-23-11-6-3-7-12-23;1-36-26-22(13-8-14-28-26)30-23-15-24(33-25(31-23)21(16-29-33)27(34)35)32(17-19-9-4-2-5-10-19)18-20-11-6-3-7-12-20;1-25-17-12(3-2-4-19-17)21-15-6-14(18)23-16(22-15)11(7-20-23)13(24)5-10-8-26-9-10;4-3-1-5-2-3/h2-14,16-17,24H,15,18-21H2,1H3,(H,34,35);2-16H,17-18H2,1H3,(H,30,31)(H,34,35);2-4,6-7,10H,5,8-9,18H2,1H3,(H,21,22);3H,1-2,4H2. The van der Waals surface area contributed by atoms with E-state index in [1.54, 1.807) is 59.1 Å². The molecule has 0 atom stereocenters. The molecule has 0 amide bonds. The second-order valence-electron chi connectivity index (χ2n) is 25.3. The Morgan fingerprint density at radius 2 is 0.776 bits per heavy atom. The summed E-state index contributed by atoms with van der Waals surface area (Å²) in [5.41, 5.74) is 19.9. The third-order valence-electron chi connectivity index (χ3n) is 17.5. The highest BCUT2D eigenvalue weighted by Crippen LogP contribution is 2.34. The Morgan fingerprint density at radius 3 is 1.09 bits per heavy atom. The predicted molar refractivity (Wildman–Crippen MR) is 403 cm³/mol. The number of pyridine rings is 3. The Bertz CT molecular complexity index is 5080. The molecule has 0 saturated carbocycles. The van der Waals surface area contributed by atoms with Crippen LogP contribution in [-0.2, 0) is 40.4 Å². The summed E-state index contributed by atoms with van der Waals surface area (Å²) in [4.78, 5) is 68.9. The summed E-state index contributed by atoms with van der Waals surface area (Å²) in [5.74, 6) is 4.00. The number of aromatic carboxylic acids is 1. The highest BCUT2D eigenvalue weighted by atomic mass is 16.5. The molecule has 9 aromatic heterocycles. The number of benzene rings is 4. The predicted octanol–water partition coefficient (Wildman–Crippen LogP) is 11.1. The molecule has 0 aliphatic carbocycles. The molecule has 0 radical (unpaired) electrons. The van der Waals surface area contributed by atoms with Crippen molar-refractivity contribution < 1.29 is 47.9 Å². The van der Waals surface area contributed by atoms with E-state index in [0.29, 0.717) is 158 Å². The van der Waals surface area contributed by atoms with E-state index in [4.69, 9.17) is 44.9 Å². The minimum Gasteiger partial charge on any atom is -0.480 e. The lowest BCUT2D eigenvalue weighted by Crippen LogP contribution is -2.41. The molecule has 107 heavy (non-hydrogen) atoms. The molecular weight excluding hydrogens is 1360 g/mol. The lowest BCUT2D eigenvalue weighted by molar-refractivity contribution is -0.0321. The summed E-state index contributed by atoms with van der Waals surface area (Å²) in [6.45, 7) is 6.40. The van der Waals surface area contributed by atoms with E-state index < -0.39 is 5.97 Å². The number of hydrogen-bond donors (Lipinski definition) is 6. The molecule has 3 saturated heterocycles. The van der Waals surface area contributed by atoms with Gasteiger partial charge in [-0.1, -0.05) is 121 Å². The topological polar surface area (TPSA) is 351 Å². The van der Waals surface area contributed by atoms with Crippen LogP contribution in [0.3, 0.4) is 0 Å². The van der Waals surface area contributed by atoms with E-state index in [-0.39, 0.29) is 34.6 Å². The van der Waals surface area contributed by atoms with Crippen molar-refractivity contribution in [3.05, 3.63) is 252 Å². The van der Waals surface area contributed by atoms with E-state index in [2.05, 4.69) is 114 Å². The first kappa shape index (κ1) is 72.4. The van der Waals surface area contributed by atoms with Gasteiger partial charge in [0, 0.05) is 87.6 Å². The number of carboxylic acid groups (broad SMARTS) is 1. The number of ketones is 2. The van der Waals surface area contributed by atoms with Gasteiger partial charge in [-0.05, 0) is 58.7 Å². The number of Topliss-reactive ketones (excluding diaryl/α,β-unsaturated/α-hetero) is 2. The minimum atomic E-state index is -1.10. The van der Waals surface area contributed by atoms with Crippen molar-refractivity contribution in [2.24, 2.45) is 17.6 Å². The van der Waals surface area contributed by atoms with Crippen LogP contribution in [-0.4, -0.2) is 148 Å². The normalized spacial score (nSPS) is 13.2. The summed E-state index contributed by atoms with van der Waals surface area (Å²) >= 11 is 0. The first-order chi connectivity index (χ1) is 52.3. The zero-order valence-electron chi connectivity index (χ0n) is 59.0. The molecule has 13 aromatic rings. The second-order valence-corrected chi connectivity index (χ2v) is 25.3. The van der Waals surface area contributed by atoms with Gasteiger partial charge in [0.15, 0.2) is 28.5 Å². The summed E-state index contributed by atoms with van der Waals surface area (Å²) in [6.07, 6.45) is 10.2. The van der Waals surface area contributed by atoms with Gasteiger partial charge in [-0.3, -0.25) is 9.59 Å². The number of methoxy groups -OCH3 is 3. The Hall–Kier alpha value is -13.0. The van der Waals surface area contributed by atoms with Crippen molar-refractivity contribution in [3.63, 3.8) is 0 Å². The maximum atomic E-state index is 13.3.